The number of nitrogens with zero attached hydrogens (tertiary/aromatic N) is 2. The molecule has 122 valence electrons. The van der Waals surface area contributed by atoms with Gasteiger partial charge in [-0.15, -0.1) is 0 Å². The monoisotopic (exact) mass is 349 g/mol. The highest BCUT2D eigenvalue weighted by molar-refractivity contribution is 7.89. The minimum Gasteiger partial charge on any atom is -0.452 e. The van der Waals surface area contributed by atoms with Gasteiger partial charge in [-0.05, 0) is 19.1 Å². The molecule has 1 aromatic rings. The number of carbonyl (C=O) groups excluding carboxylic acids is 2. The average Bonchev–Trinajstić information content (AvgIpc) is 2.40. The summed E-state index contributed by atoms with van der Waals surface area (Å²) in [6.07, 6.45) is 0.180. The van der Waals surface area contributed by atoms with Gasteiger partial charge in [-0.3, -0.25) is 9.59 Å². The molecule has 0 aliphatic rings. The lowest BCUT2D eigenvalue weighted by Gasteiger charge is -2.14. The number of ether oxygens (including phenoxy) is 1. The van der Waals surface area contributed by atoms with Crippen molar-refractivity contribution in [3.63, 3.8) is 0 Å². The highest BCUT2D eigenvalue weighted by Gasteiger charge is 2.24. The normalized spacial score (nSPS) is 12.8. The Kier molecular flexibility index (Phi) is 6.27. The topological polar surface area (TPSA) is 106 Å². The number of rotatable bonds is 6. The number of sulfonamides is 1. The van der Waals surface area contributed by atoms with Crippen LogP contribution in [0.5, 0.6) is 0 Å². The molecule has 1 rings (SSSR count). The summed E-state index contributed by atoms with van der Waals surface area (Å²) in [4.78, 5) is 27.2. The first kappa shape index (κ1) is 18.3. The molecule has 0 saturated carbocycles. The van der Waals surface area contributed by atoms with Gasteiger partial charge >= 0.3 is 5.97 Å². The maximum absolute atomic E-state index is 11.8. The van der Waals surface area contributed by atoms with Crippen LogP contribution in [0.3, 0.4) is 0 Å². The number of carbonyl (C=O) groups is 2. The maximum atomic E-state index is 11.8. The zero-order valence-corrected chi connectivity index (χ0v) is 13.8. The minimum atomic E-state index is -3.73. The van der Waals surface area contributed by atoms with E-state index in [1.807, 2.05) is 0 Å². The van der Waals surface area contributed by atoms with Crippen molar-refractivity contribution < 1.29 is 22.7 Å². The van der Waals surface area contributed by atoms with Crippen LogP contribution in [0.1, 0.15) is 6.92 Å². The Bertz CT molecular complexity index is 645. The van der Waals surface area contributed by atoms with Gasteiger partial charge in [0.1, 0.15) is 5.82 Å². The number of esters is 1. The van der Waals surface area contributed by atoms with Crippen LogP contribution in [-0.4, -0.2) is 55.5 Å². The average molecular weight is 350 g/mol. The molecule has 10 heteroatoms. The molecular formula is C12H16ClN3O5S. The summed E-state index contributed by atoms with van der Waals surface area (Å²) in [5.41, 5.74) is 0. The molecule has 0 unspecified atom stereocenters. The van der Waals surface area contributed by atoms with E-state index in [9.17, 15) is 18.0 Å². The number of amides is 1. The molecule has 0 spiro atoms. The first-order chi connectivity index (χ1) is 10.1. The van der Waals surface area contributed by atoms with E-state index >= 15 is 0 Å². The van der Waals surface area contributed by atoms with Crippen LogP contribution in [0.15, 0.2) is 18.3 Å². The molecule has 8 nitrogen and oxygen atoms in total. The van der Waals surface area contributed by atoms with Crippen molar-refractivity contribution in [2.24, 2.45) is 0 Å². The molecule has 0 fully saturated rings. The van der Waals surface area contributed by atoms with Crippen molar-refractivity contribution in [3.8, 4) is 0 Å². The minimum absolute atomic E-state index is 0.234. The van der Waals surface area contributed by atoms with Crippen LogP contribution in [0.2, 0.25) is 5.02 Å². The lowest BCUT2D eigenvalue weighted by atomic mass is 10.3. The standard InChI is InChI=1S/C12H16ClN3O5S/c1-8(21-11(17)7-22(19,20)16(2)3)12(18)15-10-5-4-9(13)6-14-10/h4-6,8H,7H2,1-3H3,(H,14,15,18)/t8-/m1/s1. The molecule has 1 heterocycles. The molecule has 0 aliphatic carbocycles. The predicted molar refractivity (Wildman–Crippen MR) is 80.9 cm³/mol. The van der Waals surface area contributed by atoms with Gasteiger partial charge in [-0.25, -0.2) is 17.7 Å². The van der Waals surface area contributed by atoms with Gasteiger partial charge < -0.3 is 10.1 Å². The Labute approximate surface area is 133 Å². The third-order valence-corrected chi connectivity index (χ3v) is 4.45. The lowest BCUT2D eigenvalue weighted by Crippen LogP contribution is -2.35. The van der Waals surface area contributed by atoms with E-state index in [1.54, 1.807) is 0 Å². The van der Waals surface area contributed by atoms with Crippen molar-refractivity contribution in [3.05, 3.63) is 23.4 Å². The zero-order valence-electron chi connectivity index (χ0n) is 12.2. The van der Waals surface area contributed by atoms with Crippen molar-refractivity contribution in [1.29, 1.82) is 0 Å². The van der Waals surface area contributed by atoms with E-state index in [-0.39, 0.29) is 5.82 Å². The second-order valence-electron chi connectivity index (χ2n) is 4.52. The fourth-order valence-corrected chi connectivity index (χ4v) is 1.98. The van der Waals surface area contributed by atoms with Crippen molar-refractivity contribution in [2.45, 2.75) is 13.0 Å². The molecule has 1 N–H and O–H groups in total. The van der Waals surface area contributed by atoms with Gasteiger partial charge in [0.25, 0.3) is 5.91 Å². The Morgan fingerprint density at radius 3 is 2.55 bits per heavy atom. The second-order valence-corrected chi connectivity index (χ2v) is 7.14. The highest BCUT2D eigenvalue weighted by Crippen LogP contribution is 2.10. The van der Waals surface area contributed by atoms with Crippen molar-refractivity contribution >= 4 is 39.3 Å². The van der Waals surface area contributed by atoms with E-state index in [1.165, 1.54) is 39.3 Å². The van der Waals surface area contributed by atoms with Crippen LogP contribution in [-0.2, 0) is 24.3 Å². The summed E-state index contributed by atoms with van der Waals surface area (Å²) in [5.74, 6) is -2.25. The Morgan fingerprint density at radius 1 is 1.41 bits per heavy atom. The van der Waals surface area contributed by atoms with Gasteiger partial charge in [0.2, 0.25) is 10.0 Å². The molecule has 0 aromatic carbocycles. The van der Waals surface area contributed by atoms with E-state index in [4.69, 9.17) is 16.3 Å². The second kappa shape index (κ2) is 7.52. The summed E-state index contributed by atoms with van der Waals surface area (Å²) in [5, 5.41) is 2.82. The molecule has 1 amide bonds. The largest absolute Gasteiger partial charge is 0.452 e. The van der Waals surface area contributed by atoms with E-state index in [2.05, 4.69) is 10.3 Å². The van der Waals surface area contributed by atoms with E-state index in [0.717, 1.165) is 4.31 Å². The molecule has 22 heavy (non-hydrogen) atoms. The lowest BCUT2D eigenvalue weighted by molar-refractivity contribution is -0.150. The summed E-state index contributed by atoms with van der Waals surface area (Å²) in [6.45, 7) is 1.32. The van der Waals surface area contributed by atoms with Crippen molar-refractivity contribution in [2.75, 3.05) is 25.2 Å². The number of hydrogen-bond acceptors (Lipinski definition) is 6. The Morgan fingerprint density at radius 2 is 2.05 bits per heavy atom. The zero-order chi connectivity index (χ0) is 16.9. The molecular weight excluding hydrogens is 334 g/mol. The molecule has 0 radical (unpaired) electrons. The van der Waals surface area contributed by atoms with Crippen LogP contribution in [0.4, 0.5) is 5.82 Å². The van der Waals surface area contributed by atoms with Crippen LogP contribution in [0.25, 0.3) is 0 Å². The van der Waals surface area contributed by atoms with Crippen molar-refractivity contribution in [1.82, 2.24) is 9.29 Å². The summed E-state index contributed by atoms with van der Waals surface area (Å²) >= 11 is 5.66. The SMILES string of the molecule is C[C@@H](OC(=O)CS(=O)(=O)N(C)C)C(=O)Nc1ccc(Cl)cn1. The van der Waals surface area contributed by atoms with Crippen LogP contribution in [0, 0.1) is 0 Å². The number of pyridine rings is 1. The summed E-state index contributed by atoms with van der Waals surface area (Å²) < 4.78 is 28.7. The number of halogens is 1. The fraction of sp³-hybridized carbons (Fsp3) is 0.417. The third kappa shape index (κ3) is 5.58. The smallest absolute Gasteiger partial charge is 0.323 e. The van der Waals surface area contributed by atoms with Gasteiger partial charge in [-0.2, -0.15) is 0 Å². The quantitative estimate of drug-likeness (QED) is 0.749. The fourth-order valence-electron chi connectivity index (χ4n) is 1.24. The number of nitrogens with one attached hydrogen (secondary N) is 1. The van der Waals surface area contributed by atoms with Gasteiger partial charge in [0.15, 0.2) is 11.9 Å². The van der Waals surface area contributed by atoms with Crippen LogP contribution < -0.4 is 5.32 Å². The van der Waals surface area contributed by atoms with Gasteiger partial charge in [0, 0.05) is 20.3 Å². The predicted octanol–water partition coefficient (Wildman–Crippen LogP) is 0.497. The number of hydrogen-bond donors (Lipinski definition) is 1. The summed E-state index contributed by atoms with van der Waals surface area (Å²) in [6, 6.07) is 3.01. The van der Waals surface area contributed by atoms with E-state index in [0.29, 0.717) is 5.02 Å². The maximum Gasteiger partial charge on any atom is 0.323 e. The number of anilines is 1. The third-order valence-electron chi connectivity index (χ3n) is 2.51. The van der Waals surface area contributed by atoms with Crippen LogP contribution >= 0.6 is 11.6 Å². The van der Waals surface area contributed by atoms with Gasteiger partial charge in [-0.1, -0.05) is 11.6 Å². The Balaban J connectivity index is 2.57. The first-order valence-electron chi connectivity index (χ1n) is 6.14. The molecule has 0 aliphatic heterocycles. The van der Waals surface area contributed by atoms with Gasteiger partial charge in [0.05, 0.1) is 5.02 Å². The number of aromatic nitrogens is 1. The molecule has 1 aromatic heterocycles. The molecule has 0 saturated heterocycles. The summed E-state index contributed by atoms with van der Waals surface area (Å²) in [7, 11) is -1.14. The Hall–Kier alpha value is -1.71. The highest BCUT2D eigenvalue weighted by atomic mass is 35.5. The molecule has 1 atom stereocenters. The van der Waals surface area contributed by atoms with E-state index < -0.39 is 33.8 Å². The molecule has 0 bridgehead atoms. The first-order valence-corrected chi connectivity index (χ1v) is 8.12.